The molecule has 9 heteroatoms. The van der Waals surface area contributed by atoms with Crippen LogP contribution >= 0.6 is 0 Å². The lowest BCUT2D eigenvalue weighted by molar-refractivity contribution is -0.145. The minimum Gasteiger partial charge on any atom is -0.480 e. The van der Waals surface area contributed by atoms with Gasteiger partial charge in [-0.3, -0.25) is 14.4 Å². The van der Waals surface area contributed by atoms with Crippen LogP contribution in [0, 0.1) is 0 Å². The van der Waals surface area contributed by atoms with E-state index in [1.54, 1.807) is 0 Å². The zero-order valence-electron chi connectivity index (χ0n) is 27.1. The number of aliphatic hydroxyl groups is 1. The summed E-state index contributed by atoms with van der Waals surface area (Å²) in [4.78, 5) is 46.9. The van der Waals surface area contributed by atoms with Crippen LogP contribution in [0.15, 0.2) is 48.6 Å². The third kappa shape index (κ3) is 26.4. The van der Waals surface area contributed by atoms with E-state index in [4.69, 9.17) is 14.9 Å². The molecule has 0 fully saturated rings. The molecule has 9 nitrogen and oxygen atoms in total. The fraction of sp³-hybridized carbons (Fsp3) is 0.657. The molecule has 2 atom stereocenters. The molecule has 44 heavy (non-hydrogen) atoms. The van der Waals surface area contributed by atoms with Gasteiger partial charge in [-0.2, -0.15) is 0 Å². The summed E-state index contributed by atoms with van der Waals surface area (Å²) in [6.45, 7) is 3.23. The van der Waals surface area contributed by atoms with Crippen LogP contribution < -0.4 is 10.6 Å². The number of hydrogen-bond acceptors (Lipinski definition) is 6. The lowest BCUT2D eigenvalue weighted by Gasteiger charge is -2.12. The summed E-state index contributed by atoms with van der Waals surface area (Å²) >= 11 is 0. The number of carbonyl (C=O) groups is 4. The molecular formula is C35H58N2O7. The van der Waals surface area contributed by atoms with Crippen LogP contribution in [0.5, 0.6) is 0 Å². The SMILES string of the molecule is CC/C=C\C/C=C\C(/C=C\CCCCCC(=O)NCC(=O)NC(CO)C(=O)O)OC(=O)CCCCCCC/C=C\CCCC. The van der Waals surface area contributed by atoms with Gasteiger partial charge in [0.15, 0.2) is 0 Å². The van der Waals surface area contributed by atoms with Gasteiger partial charge in [-0.1, -0.05) is 88.8 Å². The lowest BCUT2D eigenvalue weighted by atomic mass is 10.1. The van der Waals surface area contributed by atoms with Crippen molar-refractivity contribution in [1.82, 2.24) is 10.6 Å². The van der Waals surface area contributed by atoms with Crippen molar-refractivity contribution in [3.05, 3.63) is 48.6 Å². The van der Waals surface area contributed by atoms with E-state index in [0.29, 0.717) is 12.8 Å². The van der Waals surface area contributed by atoms with Crippen LogP contribution in [0.25, 0.3) is 0 Å². The van der Waals surface area contributed by atoms with Crippen molar-refractivity contribution in [3.8, 4) is 0 Å². The molecule has 0 aliphatic rings. The van der Waals surface area contributed by atoms with Crippen molar-refractivity contribution >= 4 is 23.8 Å². The van der Waals surface area contributed by atoms with Gasteiger partial charge in [-0.05, 0) is 69.9 Å². The second kappa shape index (κ2) is 29.9. The van der Waals surface area contributed by atoms with E-state index < -0.39 is 30.6 Å². The summed E-state index contributed by atoms with van der Waals surface area (Å²) in [5.74, 6) is -2.49. The summed E-state index contributed by atoms with van der Waals surface area (Å²) < 4.78 is 5.72. The quantitative estimate of drug-likeness (QED) is 0.0447. The first-order chi connectivity index (χ1) is 21.3. The fourth-order valence-corrected chi connectivity index (χ4v) is 4.18. The summed E-state index contributed by atoms with van der Waals surface area (Å²) in [7, 11) is 0. The molecule has 0 rings (SSSR count). The molecule has 0 aromatic heterocycles. The van der Waals surface area contributed by atoms with Crippen molar-refractivity contribution in [2.45, 2.75) is 135 Å². The molecule has 0 aromatic carbocycles. The standard InChI is InChI=1S/C35H58N2O7/c1-3-5-7-9-10-11-12-13-14-19-23-27-34(41)44-30(24-20-16-8-6-4-2)25-21-17-15-18-22-26-32(39)36-28-33(40)37-31(29-38)35(42)43/h6,8-10,20-21,24-25,30-31,38H,3-5,7,11-19,22-23,26-29H2,1-2H3,(H,36,39)(H,37,40)(H,42,43)/b8-6-,10-9-,24-20-,25-21-. The number of amides is 2. The van der Waals surface area contributed by atoms with Crippen LogP contribution in [0.3, 0.4) is 0 Å². The average molecular weight is 619 g/mol. The van der Waals surface area contributed by atoms with Gasteiger partial charge >= 0.3 is 11.9 Å². The molecule has 0 aliphatic heterocycles. The van der Waals surface area contributed by atoms with Gasteiger partial charge in [0.2, 0.25) is 11.8 Å². The summed E-state index contributed by atoms with van der Waals surface area (Å²) in [5.41, 5.74) is 0. The molecular weight excluding hydrogens is 560 g/mol. The Morgan fingerprint density at radius 2 is 1.32 bits per heavy atom. The number of nitrogens with one attached hydrogen (secondary N) is 2. The number of hydrogen-bond donors (Lipinski definition) is 4. The highest BCUT2D eigenvalue weighted by atomic mass is 16.5. The van der Waals surface area contributed by atoms with Gasteiger partial charge in [0.1, 0.15) is 12.1 Å². The van der Waals surface area contributed by atoms with Crippen molar-refractivity contribution in [2.24, 2.45) is 0 Å². The van der Waals surface area contributed by atoms with E-state index >= 15 is 0 Å². The maximum atomic E-state index is 12.5. The fourth-order valence-electron chi connectivity index (χ4n) is 4.18. The molecule has 0 bridgehead atoms. The van der Waals surface area contributed by atoms with E-state index in [1.807, 2.05) is 24.3 Å². The molecule has 250 valence electrons. The molecule has 0 aliphatic carbocycles. The van der Waals surface area contributed by atoms with E-state index in [9.17, 15) is 19.2 Å². The number of rotatable bonds is 28. The Hall–Kier alpha value is -3.20. The zero-order valence-corrected chi connectivity index (χ0v) is 27.1. The van der Waals surface area contributed by atoms with E-state index in [0.717, 1.165) is 57.8 Å². The Balaban J connectivity index is 4.30. The predicted molar refractivity (Wildman–Crippen MR) is 176 cm³/mol. The molecule has 0 spiro atoms. The first-order valence-electron chi connectivity index (χ1n) is 16.6. The molecule has 0 aromatic rings. The van der Waals surface area contributed by atoms with Crippen molar-refractivity contribution in [1.29, 1.82) is 0 Å². The molecule has 4 N–H and O–H groups in total. The largest absolute Gasteiger partial charge is 0.480 e. The molecule has 0 heterocycles. The summed E-state index contributed by atoms with van der Waals surface area (Å²) in [5, 5.41) is 22.3. The lowest BCUT2D eigenvalue weighted by Crippen LogP contribution is -2.47. The minimum absolute atomic E-state index is 0.179. The number of carboxylic acids is 1. The average Bonchev–Trinajstić information content (AvgIpc) is 3.00. The molecule has 2 unspecified atom stereocenters. The number of unbranched alkanes of at least 4 members (excludes halogenated alkanes) is 10. The second-order valence-corrected chi connectivity index (χ2v) is 10.9. The Morgan fingerprint density at radius 1 is 0.705 bits per heavy atom. The van der Waals surface area contributed by atoms with E-state index in [-0.39, 0.29) is 24.8 Å². The number of esters is 1. The number of aliphatic carboxylic acids is 1. The Labute approximate surface area is 265 Å². The highest BCUT2D eigenvalue weighted by molar-refractivity contribution is 5.87. The number of ether oxygens (including phenoxy) is 1. The molecule has 0 radical (unpaired) electrons. The van der Waals surface area contributed by atoms with Crippen molar-refractivity contribution < 1.29 is 34.1 Å². The highest BCUT2D eigenvalue weighted by Gasteiger charge is 2.18. The molecule has 0 saturated carbocycles. The zero-order chi connectivity index (χ0) is 32.7. The van der Waals surface area contributed by atoms with Crippen LogP contribution in [0.1, 0.15) is 123 Å². The van der Waals surface area contributed by atoms with E-state index in [1.165, 1.54) is 32.1 Å². The van der Waals surface area contributed by atoms with Crippen molar-refractivity contribution in [2.75, 3.05) is 13.2 Å². The van der Waals surface area contributed by atoms with Gasteiger partial charge in [0.05, 0.1) is 13.2 Å². The number of carbonyl (C=O) groups excluding carboxylic acids is 3. The molecule has 0 saturated heterocycles. The number of carboxylic acid groups (broad SMARTS) is 1. The van der Waals surface area contributed by atoms with Crippen LogP contribution in [-0.4, -0.2) is 59.3 Å². The Kier molecular flexibility index (Phi) is 27.7. The summed E-state index contributed by atoms with van der Waals surface area (Å²) in [6.07, 6.45) is 32.0. The normalized spacial score (nSPS) is 13.2. The third-order valence-corrected chi connectivity index (χ3v) is 6.77. The number of aliphatic hydroxyl groups excluding tert-OH is 1. The monoisotopic (exact) mass is 618 g/mol. The van der Waals surface area contributed by atoms with Gasteiger partial charge in [0.25, 0.3) is 0 Å². The van der Waals surface area contributed by atoms with E-state index in [2.05, 4.69) is 48.8 Å². The predicted octanol–water partition coefficient (Wildman–Crippen LogP) is 6.47. The highest BCUT2D eigenvalue weighted by Crippen LogP contribution is 2.11. The third-order valence-electron chi connectivity index (χ3n) is 6.77. The van der Waals surface area contributed by atoms with Gasteiger partial charge in [-0.15, -0.1) is 0 Å². The molecule has 2 amide bonds. The van der Waals surface area contributed by atoms with Gasteiger partial charge in [-0.25, -0.2) is 4.79 Å². The second-order valence-electron chi connectivity index (χ2n) is 10.9. The Morgan fingerprint density at radius 3 is 2.00 bits per heavy atom. The van der Waals surface area contributed by atoms with Crippen LogP contribution in [0.2, 0.25) is 0 Å². The summed E-state index contributed by atoms with van der Waals surface area (Å²) in [6, 6.07) is -1.39. The maximum absolute atomic E-state index is 12.5. The smallest absolute Gasteiger partial charge is 0.328 e. The van der Waals surface area contributed by atoms with Crippen LogP contribution in [0.4, 0.5) is 0 Å². The van der Waals surface area contributed by atoms with Crippen molar-refractivity contribution in [3.63, 3.8) is 0 Å². The number of allylic oxidation sites excluding steroid dienone is 6. The minimum atomic E-state index is -1.39. The van der Waals surface area contributed by atoms with Gasteiger partial charge in [0, 0.05) is 12.8 Å². The maximum Gasteiger partial charge on any atom is 0.328 e. The van der Waals surface area contributed by atoms with Gasteiger partial charge < -0.3 is 25.6 Å². The topological polar surface area (TPSA) is 142 Å². The Bertz CT molecular complexity index is 896. The first kappa shape index (κ1) is 40.8. The first-order valence-corrected chi connectivity index (χ1v) is 16.6. The van der Waals surface area contributed by atoms with Crippen LogP contribution in [-0.2, 0) is 23.9 Å².